The van der Waals surface area contributed by atoms with Gasteiger partial charge in [0.2, 0.25) is 0 Å². The van der Waals surface area contributed by atoms with Gasteiger partial charge in [0.05, 0.1) is 13.2 Å². The van der Waals surface area contributed by atoms with E-state index in [1.807, 2.05) is 0 Å². The quantitative estimate of drug-likeness (QED) is 0.488. The van der Waals surface area contributed by atoms with Gasteiger partial charge in [0.1, 0.15) is 0 Å². The maximum Gasteiger partial charge on any atom is 0.255 e. The summed E-state index contributed by atoms with van der Waals surface area (Å²) in [5, 5.41) is 3.16. The number of nitrogens with two attached hydrogens (primary N) is 1. The average Bonchev–Trinajstić information content (AvgIpc) is 2.07. The molecule has 1 heterocycles. The van der Waals surface area contributed by atoms with Gasteiger partial charge < -0.3 is 14.8 Å². The van der Waals surface area contributed by atoms with Crippen LogP contribution in [-0.2, 0) is 9.05 Å². The van der Waals surface area contributed by atoms with Crippen LogP contribution in [0.1, 0.15) is 12.8 Å². The summed E-state index contributed by atoms with van der Waals surface area (Å²) in [5.41, 5.74) is 5.31. The largest absolute Gasteiger partial charge is 0.330 e. The van der Waals surface area contributed by atoms with E-state index in [0.29, 0.717) is 13.2 Å². The van der Waals surface area contributed by atoms with Crippen LogP contribution in [-0.4, -0.2) is 26.3 Å². The molecule has 0 aromatic rings. The smallest absolute Gasteiger partial charge is 0.255 e. The van der Waals surface area contributed by atoms with Gasteiger partial charge in [-0.15, -0.1) is 0 Å². The fraction of sp³-hybridized carbons (Fsp3) is 1.00. The lowest BCUT2D eigenvalue weighted by Gasteiger charge is -2.21. The van der Waals surface area contributed by atoms with Crippen LogP contribution in [0, 0.1) is 0 Å². The van der Waals surface area contributed by atoms with Gasteiger partial charge in [0.15, 0.2) is 0 Å². The molecule has 0 aromatic carbocycles. The summed E-state index contributed by atoms with van der Waals surface area (Å²) in [4.78, 5) is 0. The van der Waals surface area contributed by atoms with Crippen LogP contribution in [0.15, 0.2) is 0 Å². The van der Waals surface area contributed by atoms with E-state index in [0.717, 1.165) is 26.0 Å². The first-order chi connectivity index (χ1) is 5.43. The average molecular weight is 178 g/mol. The third-order valence-corrected chi connectivity index (χ3v) is 2.64. The van der Waals surface area contributed by atoms with E-state index in [4.69, 9.17) is 14.8 Å². The molecule has 1 unspecified atom stereocenters. The minimum atomic E-state index is -0.789. The lowest BCUT2D eigenvalue weighted by Crippen LogP contribution is -2.20. The molecule has 1 saturated heterocycles. The van der Waals surface area contributed by atoms with E-state index >= 15 is 0 Å². The second-order valence-electron chi connectivity index (χ2n) is 2.33. The molecule has 0 saturated carbocycles. The fourth-order valence-corrected chi connectivity index (χ4v) is 1.94. The molecule has 5 heteroatoms. The van der Waals surface area contributed by atoms with E-state index in [1.54, 1.807) is 0 Å². The molecule has 66 valence electrons. The lowest BCUT2D eigenvalue weighted by molar-refractivity contribution is 0.222. The standard InChI is InChI=1S/C6H15N2O2P/c7-3-1-5-9-11-8-4-2-6-10-11/h8H,1-7H2. The van der Waals surface area contributed by atoms with E-state index in [9.17, 15) is 0 Å². The number of hydrogen-bond acceptors (Lipinski definition) is 4. The molecule has 11 heavy (non-hydrogen) atoms. The Kier molecular flexibility index (Phi) is 4.99. The van der Waals surface area contributed by atoms with Gasteiger partial charge >= 0.3 is 0 Å². The van der Waals surface area contributed by atoms with Gasteiger partial charge in [-0.25, -0.2) is 0 Å². The molecule has 1 aliphatic heterocycles. The number of nitrogens with one attached hydrogen (secondary N) is 1. The van der Waals surface area contributed by atoms with Crippen LogP contribution in [0.3, 0.4) is 0 Å². The zero-order chi connectivity index (χ0) is 7.94. The Morgan fingerprint density at radius 1 is 1.64 bits per heavy atom. The maximum absolute atomic E-state index is 5.37. The lowest BCUT2D eigenvalue weighted by atomic mass is 10.5. The molecule has 1 aliphatic rings. The summed E-state index contributed by atoms with van der Waals surface area (Å²) < 4.78 is 10.7. The van der Waals surface area contributed by atoms with E-state index in [-0.39, 0.29) is 0 Å². The molecule has 0 spiro atoms. The first-order valence-corrected chi connectivity index (χ1v) is 5.11. The second-order valence-corrected chi connectivity index (χ2v) is 3.67. The molecule has 1 rings (SSSR count). The molecule has 0 radical (unpaired) electrons. The van der Waals surface area contributed by atoms with Crippen molar-refractivity contribution >= 4 is 8.53 Å². The molecule has 1 atom stereocenters. The zero-order valence-electron chi connectivity index (χ0n) is 6.58. The summed E-state index contributed by atoms with van der Waals surface area (Å²) >= 11 is 0. The third-order valence-electron chi connectivity index (χ3n) is 1.33. The van der Waals surface area contributed by atoms with Crippen molar-refractivity contribution in [1.29, 1.82) is 0 Å². The van der Waals surface area contributed by atoms with Gasteiger partial charge in [0.25, 0.3) is 8.53 Å². The summed E-state index contributed by atoms with van der Waals surface area (Å²) in [5.74, 6) is 0. The van der Waals surface area contributed by atoms with E-state index in [2.05, 4.69) is 5.09 Å². The Hall–Kier alpha value is 0.270. The first-order valence-electron chi connectivity index (χ1n) is 3.93. The van der Waals surface area contributed by atoms with Crippen molar-refractivity contribution < 1.29 is 9.05 Å². The normalized spacial score (nSPS) is 25.4. The second kappa shape index (κ2) is 5.86. The van der Waals surface area contributed by atoms with Crippen molar-refractivity contribution in [2.45, 2.75) is 12.8 Å². The Balaban J connectivity index is 1.96. The topological polar surface area (TPSA) is 56.5 Å². The Bertz CT molecular complexity index is 98.6. The molecular weight excluding hydrogens is 163 g/mol. The van der Waals surface area contributed by atoms with Crippen molar-refractivity contribution in [3.05, 3.63) is 0 Å². The van der Waals surface area contributed by atoms with E-state index < -0.39 is 8.53 Å². The summed E-state index contributed by atoms with van der Waals surface area (Å²) in [6, 6.07) is 0. The fourth-order valence-electron chi connectivity index (χ4n) is 0.749. The molecule has 0 aromatic heterocycles. The van der Waals surface area contributed by atoms with Gasteiger partial charge in [-0.2, -0.15) is 0 Å². The number of hydrogen-bond donors (Lipinski definition) is 2. The van der Waals surface area contributed by atoms with Gasteiger partial charge in [-0.05, 0) is 19.4 Å². The van der Waals surface area contributed by atoms with Crippen LogP contribution in [0.2, 0.25) is 0 Å². The summed E-state index contributed by atoms with van der Waals surface area (Å²) in [7, 11) is -0.789. The summed E-state index contributed by atoms with van der Waals surface area (Å²) in [6.45, 7) is 3.22. The van der Waals surface area contributed by atoms with E-state index in [1.165, 1.54) is 0 Å². The molecule has 1 fully saturated rings. The first kappa shape index (κ1) is 9.36. The Labute approximate surface area is 68.4 Å². The Morgan fingerprint density at radius 3 is 3.18 bits per heavy atom. The highest BCUT2D eigenvalue weighted by molar-refractivity contribution is 7.45. The highest BCUT2D eigenvalue weighted by atomic mass is 31.2. The predicted molar refractivity (Wildman–Crippen MR) is 45.1 cm³/mol. The van der Waals surface area contributed by atoms with Crippen LogP contribution in [0.25, 0.3) is 0 Å². The van der Waals surface area contributed by atoms with Crippen molar-refractivity contribution in [2.24, 2.45) is 5.73 Å². The molecule has 4 nitrogen and oxygen atoms in total. The van der Waals surface area contributed by atoms with Crippen LogP contribution < -0.4 is 10.8 Å². The number of rotatable bonds is 4. The minimum absolute atomic E-state index is 0.684. The summed E-state index contributed by atoms with van der Waals surface area (Å²) in [6.07, 6.45) is 1.99. The highest BCUT2D eigenvalue weighted by Gasteiger charge is 2.13. The third kappa shape index (κ3) is 3.99. The molecule has 0 aliphatic carbocycles. The van der Waals surface area contributed by atoms with Crippen LogP contribution in [0.5, 0.6) is 0 Å². The van der Waals surface area contributed by atoms with Crippen LogP contribution in [0.4, 0.5) is 0 Å². The predicted octanol–water partition coefficient (Wildman–Crippen LogP) is 0.589. The maximum atomic E-state index is 5.37. The Morgan fingerprint density at radius 2 is 2.55 bits per heavy atom. The molecule has 0 amide bonds. The molecule has 3 N–H and O–H groups in total. The van der Waals surface area contributed by atoms with Crippen LogP contribution >= 0.6 is 8.53 Å². The van der Waals surface area contributed by atoms with Gasteiger partial charge in [0, 0.05) is 6.54 Å². The van der Waals surface area contributed by atoms with Crippen molar-refractivity contribution in [2.75, 3.05) is 26.3 Å². The van der Waals surface area contributed by atoms with Gasteiger partial charge in [-0.1, -0.05) is 0 Å². The SMILES string of the molecule is NCCCOP1NCCCO1. The zero-order valence-corrected chi connectivity index (χ0v) is 7.48. The highest BCUT2D eigenvalue weighted by Crippen LogP contribution is 2.35. The minimum Gasteiger partial charge on any atom is -0.330 e. The van der Waals surface area contributed by atoms with Crippen molar-refractivity contribution in [3.8, 4) is 0 Å². The molecule has 0 bridgehead atoms. The monoisotopic (exact) mass is 178 g/mol. The van der Waals surface area contributed by atoms with Crippen molar-refractivity contribution in [1.82, 2.24) is 5.09 Å². The van der Waals surface area contributed by atoms with Crippen molar-refractivity contribution in [3.63, 3.8) is 0 Å². The van der Waals surface area contributed by atoms with Gasteiger partial charge in [-0.3, -0.25) is 5.09 Å². The molecular formula is C6H15N2O2P.